The molecule has 10 heteroatoms. The lowest BCUT2D eigenvalue weighted by atomic mass is 9.47. The molecule has 0 N–H and O–H groups in total. The highest BCUT2D eigenvalue weighted by Crippen LogP contribution is 2.64. The summed E-state index contributed by atoms with van der Waals surface area (Å²) in [5.74, 6) is -3.16. The minimum atomic E-state index is -1.17. The van der Waals surface area contributed by atoms with E-state index >= 15 is 0 Å². The number of benzene rings is 4. The van der Waals surface area contributed by atoms with E-state index in [2.05, 4.69) is 0 Å². The van der Waals surface area contributed by atoms with E-state index in [0.717, 1.165) is 27.2 Å². The summed E-state index contributed by atoms with van der Waals surface area (Å²) >= 11 is 0. The lowest BCUT2D eigenvalue weighted by Gasteiger charge is -2.52. The Kier molecular flexibility index (Phi) is 5.23. The van der Waals surface area contributed by atoms with Crippen LogP contribution in [0.3, 0.4) is 0 Å². The van der Waals surface area contributed by atoms with Crippen LogP contribution in [0, 0.1) is 32.1 Å². The molecule has 0 spiro atoms. The van der Waals surface area contributed by atoms with Crippen LogP contribution in [0.5, 0.6) is 0 Å². The highest BCUT2D eigenvalue weighted by molar-refractivity contribution is 6.25. The number of non-ortho nitro benzene ring substituents is 1. The van der Waals surface area contributed by atoms with Crippen LogP contribution < -0.4 is 4.90 Å². The fourth-order valence-corrected chi connectivity index (χ4v) is 6.93. The number of para-hydroxylation sites is 2. The van der Waals surface area contributed by atoms with E-state index in [1.165, 1.54) is 42.5 Å². The molecule has 8 rings (SSSR count). The van der Waals surface area contributed by atoms with Gasteiger partial charge in [-0.15, -0.1) is 0 Å². The molecule has 4 aromatic rings. The predicted octanol–water partition coefficient (Wildman–Crippen LogP) is 5.46. The van der Waals surface area contributed by atoms with Crippen LogP contribution >= 0.6 is 0 Å². The molecule has 4 aliphatic rings. The first kappa shape index (κ1) is 24.5. The molecule has 1 aliphatic heterocycles. The van der Waals surface area contributed by atoms with Crippen molar-refractivity contribution in [3.8, 4) is 0 Å². The molecule has 0 aromatic heterocycles. The van der Waals surface area contributed by atoms with Gasteiger partial charge in [-0.25, -0.2) is 4.90 Å². The molecule has 0 unspecified atom stereocenters. The van der Waals surface area contributed by atoms with E-state index in [4.69, 9.17) is 4.99 Å². The summed E-state index contributed by atoms with van der Waals surface area (Å²) in [5, 5.41) is 23.0. The van der Waals surface area contributed by atoms with Crippen LogP contribution in [0.4, 0.5) is 22.7 Å². The van der Waals surface area contributed by atoms with Gasteiger partial charge in [-0.1, -0.05) is 60.7 Å². The van der Waals surface area contributed by atoms with E-state index in [-0.39, 0.29) is 17.1 Å². The highest BCUT2D eigenvalue weighted by atomic mass is 16.6. The number of hydrogen-bond acceptors (Lipinski definition) is 7. The maximum Gasteiger partial charge on any atom is 0.293 e. The van der Waals surface area contributed by atoms with E-state index in [9.17, 15) is 29.8 Å². The van der Waals surface area contributed by atoms with Gasteiger partial charge >= 0.3 is 0 Å². The molecule has 1 heterocycles. The second kappa shape index (κ2) is 8.75. The lowest BCUT2D eigenvalue weighted by molar-refractivity contribution is -0.384. The number of nitro groups is 2. The van der Waals surface area contributed by atoms with Gasteiger partial charge in [0.25, 0.3) is 11.4 Å². The second-order valence-corrected chi connectivity index (χ2v) is 10.3. The molecule has 2 bridgehead atoms. The van der Waals surface area contributed by atoms with Crippen molar-refractivity contribution in [1.29, 1.82) is 0 Å². The van der Waals surface area contributed by atoms with Gasteiger partial charge in [0.15, 0.2) is 0 Å². The summed E-state index contributed by atoms with van der Waals surface area (Å²) in [5.41, 5.74) is 2.27. The Labute approximate surface area is 232 Å². The zero-order valence-corrected chi connectivity index (χ0v) is 21.3. The number of nitro benzene ring substituents is 2. The zero-order valence-electron chi connectivity index (χ0n) is 21.3. The Hall–Kier alpha value is -5.51. The van der Waals surface area contributed by atoms with Gasteiger partial charge < -0.3 is 0 Å². The first-order valence-electron chi connectivity index (χ1n) is 12.9. The van der Waals surface area contributed by atoms with Crippen molar-refractivity contribution < 1.29 is 19.4 Å². The molecule has 4 aromatic carbocycles. The Bertz CT molecular complexity index is 1790. The van der Waals surface area contributed by atoms with Crippen LogP contribution in [0.1, 0.15) is 28.2 Å². The molecular weight excluding hydrogens is 524 g/mol. The number of rotatable bonds is 5. The van der Waals surface area contributed by atoms with E-state index < -0.39 is 44.8 Å². The normalized spacial score (nSPS) is 23.8. The van der Waals surface area contributed by atoms with Crippen molar-refractivity contribution in [1.82, 2.24) is 0 Å². The number of imide groups is 1. The predicted molar refractivity (Wildman–Crippen MR) is 149 cm³/mol. The molecule has 0 saturated carbocycles. The largest absolute Gasteiger partial charge is 0.293 e. The number of anilines is 1. The zero-order chi connectivity index (χ0) is 28.5. The van der Waals surface area contributed by atoms with Crippen LogP contribution in [-0.4, -0.2) is 27.9 Å². The minimum absolute atomic E-state index is 0.0585. The summed E-state index contributed by atoms with van der Waals surface area (Å²) in [4.78, 5) is 56.3. The van der Waals surface area contributed by atoms with Crippen LogP contribution in [0.2, 0.25) is 0 Å². The Morgan fingerprint density at radius 1 is 0.732 bits per heavy atom. The summed E-state index contributed by atoms with van der Waals surface area (Å²) in [6.07, 6.45) is 1.67. The molecular formula is C31H20N4O6. The van der Waals surface area contributed by atoms with Crippen molar-refractivity contribution in [3.63, 3.8) is 0 Å². The van der Waals surface area contributed by atoms with Gasteiger partial charge in [-0.2, -0.15) is 0 Å². The maximum atomic E-state index is 14.4. The van der Waals surface area contributed by atoms with Gasteiger partial charge in [0.05, 0.1) is 32.8 Å². The van der Waals surface area contributed by atoms with Crippen molar-refractivity contribution in [2.24, 2.45) is 16.8 Å². The summed E-state index contributed by atoms with van der Waals surface area (Å²) in [6.45, 7) is 0. The average Bonchev–Trinajstić information content (AvgIpc) is 3.26. The number of hydrogen-bond donors (Lipinski definition) is 0. The summed E-state index contributed by atoms with van der Waals surface area (Å²) in [6, 6.07) is 26.8. The number of carbonyl (C=O) groups excluding carboxylic acids is 2. The van der Waals surface area contributed by atoms with Crippen LogP contribution in [-0.2, 0) is 15.0 Å². The quantitative estimate of drug-likeness (QED) is 0.142. The van der Waals surface area contributed by atoms with Crippen molar-refractivity contribution in [3.05, 3.63) is 140 Å². The molecule has 10 nitrogen and oxygen atoms in total. The van der Waals surface area contributed by atoms with E-state index in [1.807, 2.05) is 48.5 Å². The molecule has 1 fully saturated rings. The van der Waals surface area contributed by atoms with E-state index in [0.29, 0.717) is 5.69 Å². The Morgan fingerprint density at radius 3 is 1.93 bits per heavy atom. The van der Waals surface area contributed by atoms with Crippen LogP contribution in [0.15, 0.2) is 102 Å². The first-order valence-corrected chi connectivity index (χ1v) is 12.9. The van der Waals surface area contributed by atoms with Gasteiger partial charge in [0, 0.05) is 30.3 Å². The van der Waals surface area contributed by atoms with Crippen molar-refractivity contribution >= 4 is 40.8 Å². The fourth-order valence-electron chi connectivity index (χ4n) is 6.93. The highest BCUT2D eigenvalue weighted by Gasteiger charge is 2.68. The lowest BCUT2D eigenvalue weighted by Crippen LogP contribution is -2.54. The van der Waals surface area contributed by atoms with Gasteiger partial charge in [0.1, 0.15) is 5.69 Å². The van der Waals surface area contributed by atoms with Gasteiger partial charge in [-0.3, -0.25) is 34.8 Å². The topological polar surface area (TPSA) is 136 Å². The minimum Gasteiger partial charge on any atom is -0.274 e. The van der Waals surface area contributed by atoms with Gasteiger partial charge in [0.2, 0.25) is 11.8 Å². The SMILES string of the molecule is O=C1[C@@H]2C3c4ccccc4C(C=Nc4ccc([N+](=O)[O-])cc4)(c4ccccc43)[C@H]2C(=O)N1c1ccccc1[N+](=O)[O-]. The fraction of sp³-hybridized carbons (Fsp3) is 0.129. The number of aliphatic imine (C=N–C) groups is 1. The van der Waals surface area contributed by atoms with Crippen LogP contribution in [0.25, 0.3) is 0 Å². The summed E-state index contributed by atoms with van der Waals surface area (Å²) in [7, 11) is 0. The number of carbonyl (C=O) groups is 2. The number of nitrogens with zero attached hydrogens (tertiary/aromatic N) is 4. The number of amides is 2. The molecule has 0 radical (unpaired) electrons. The first-order chi connectivity index (χ1) is 19.8. The van der Waals surface area contributed by atoms with Crippen molar-refractivity contribution in [2.45, 2.75) is 11.3 Å². The molecule has 1 saturated heterocycles. The molecule has 2 amide bonds. The third-order valence-corrected chi connectivity index (χ3v) is 8.48. The molecule has 200 valence electrons. The molecule has 3 aliphatic carbocycles. The van der Waals surface area contributed by atoms with E-state index in [1.54, 1.807) is 12.3 Å². The van der Waals surface area contributed by atoms with Crippen molar-refractivity contribution in [2.75, 3.05) is 4.90 Å². The Morgan fingerprint density at radius 2 is 1.32 bits per heavy atom. The third kappa shape index (κ3) is 3.27. The smallest absolute Gasteiger partial charge is 0.274 e. The van der Waals surface area contributed by atoms with Gasteiger partial charge in [-0.05, 0) is 40.5 Å². The third-order valence-electron chi connectivity index (χ3n) is 8.48. The maximum absolute atomic E-state index is 14.4. The summed E-state index contributed by atoms with van der Waals surface area (Å²) < 4.78 is 0. The molecule has 2 atom stereocenters. The Balaban J connectivity index is 1.47. The monoisotopic (exact) mass is 544 g/mol. The standard InChI is InChI=1S/C31H20N4O6/c36-29-27-26-20-7-1-3-9-22(20)31(23-10-4-2-8-21(23)26,17-32-18-13-15-19(16-14-18)34(38)39)28(27)30(37)33(29)24-11-5-6-12-25(24)35(40)41/h1-17,26-28H/t26?,27-,28-,31?/m1/s1. The second-order valence-electron chi connectivity index (χ2n) is 10.3. The molecule has 41 heavy (non-hydrogen) atoms. The average molecular weight is 545 g/mol.